The van der Waals surface area contributed by atoms with Gasteiger partial charge in [-0.15, -0.1) is 0 Å². The van der Waals surface area contributed by atoms with Crippen molar-refractivity contribution in [2.75, 3.05) is 13.7 Å². The fraction of sp³-hybridized carbons (Fsp3) is 0.538. The standard InChI is InChI=1S/C13H19NO5/c1-14(19-7-9-5-3-2-4-6-9)13-12(17)11(16)10(15)8-18-13/h2-6,10-13,15-17H,7-8H2,1H3/t10-,11+,12-,13-/m1/s1. The number of rotatable bonds is 4. The van der Waals surface area contributed by atoms with Crippen LogP contribution in [-0.2, 0) is 16.2 Å². The van der Waals surface area contributed by atoms with Gasteiger partial charge in [-0.3, -0.25) is 4.84 Å². The average molecular weight is 269 g/mol. The van der Waals surface area contributed by atoms with Gasteiger partial charge in [-0.2, -0.15) is 5.06 Å². The molecule has 1 aromatic rings. The fourth-order valence-corrected chi connectivity index (χ4v) is 1.93. The molecule has 1 saturated heterocycles. The highest BCUT2D eigenvalue weighted by molar-refractivity contribution is 5.13. The first-order valence-electron chi connectivity index (χ1n) is 6.15. The van der Waals surface area contributed by atoms with Crippen molar-refractivity contribution in [1.29, 1.82) is 0 Å². The zero-order valence-electron chi connectivity index (χ0n) is 10.7. The van der Waals surface area contributed by atoms with Crippen molar-refractivity contribution in [2.24, 2.45) is 0 Å². The maximum atomic E-state index is 9.82. The Morgan fingerprint density at radius 3 is 2.58 bits per heavy atom. The molecule has 1 fully saturated rings. The molecule has 0 saturated carbocycles. The van der Waals surface area contributed by atoms with Crippen LogP contribution in [0.25, 0.3) is 0 Å². The van der Waals surface area contributed by atoms with Gasteiger partial charge in [0, 0.05) is 7.05 Å². The second kappa shape index (κ2) is 6.42. The SMILES string of the molecule is CN(OCc1ccccc1)[C@@H]1OC[C@@H](O)[C@H](O)[C@H]1O. The molecule has 1 aliphatic heterocycles. The van der Waals surface area contributed by atoms with Gasteiger partial charge in [0.2, 0.25) is 0 Å². The van der Waals surface area contributed by atoms with Gasteiger partial charge in [-0.1, -0.05) is 30.3 Å². The molecule has 1 aromatic carbocycles. The summed E-state index contributed by atoms with van der Waals surface area (Å²) >= 11 is 0. The minimum Gasteiger partial charge on any atom is -0.388 e. The predicted molar refractivity (Wildman–Crippen MR) is 66.8 cm³/mol. The van der Waals surface area contributed by atoms with Crippen molar-refractivity contribution in [3.8, 4) is 0 Å². The zero-order chi connectivity index (χ0) is 13.8. The maximum Gasteiger partial charge on any atom is 0.161 e. The highest BCUT2D eigenvalue weighted by Gasteiger charge is 2.40. The molecule has 1 aliphatic rings. The number of hydrogen-bond acceptors (Lipinski definition) is 6. The molecule has 106 valence electrons. The summed E-state index contributed by atoms with van der Waals surface area (Å²) < 4.78 is 5.26. The van der Waals surface area contributed by atoms with Gasteiger partial charge in [-0.25, -0.2) is 0 Å². The number of hydroxylamine groups is 2. The molecule has 0 spiro atoms. The van der Waals surface area contributed by atoms with Crippen LogP contribution < -0.4 is 0 Å². The molecule has 6 heteroatoms. The van der Waals surface area contributed by atoms with Crippen LogP contribution >= 0.6 is 0 Å². The third-order valence-corrected chi connectivity index (χ3v) is 3.11. The number of hydrogen-bond donors (Lipinski definition) is 3. The average Bonchev–Trinajstić information content (AvgIpc) is 2.43. The molecule has 0 aliphatic carbocycles. The van der Waals surface area contributed by atoms with E-state index in [-0.39, 0.29) is 6.61 Å². The molecule has 0 unspecified atom stereocenters. The van der Waals surface area contributed by atoms with Crippen LogP contribution in [0.4, 0.5) is 0 Å². The largest absolute Gasteiger partial charge is 0.388 e. The van der Waals surface area contributed by atoms with Gasteiger partial charge in [0.1, 0.15) is 18.3 Å². The summed E-state index contributed by atoms with van der Waals surface area (Å²) in [7, 11) is 1.61. The Balaban J connectivity index is 1.87. The van der Waals surface area contributed by atoms with Gasteiger partial charge in [-0.05, 0) is 5.56 Å². The molecule has 2 rings (SSSR count). The number of nitrogens with zero attached hydrogens (tertiary/aromatic N) is 1. The van der Waals surface area contributed by atoms with Crippen molar-refractivity contribution >= 4 is 0 Å². The van der Waals surface area contributed by atoms with E-state index in [9.17, 15) is 15.3 Å². The zero-order valence-corrected chi connectivity index (χ0v) is 10.7. The van der Waals surface area contributed by atoms with Crippen LogP contribution in [-0.4, -0.2) is 58.6 Å². The highest BCUT2D eigenvalue weighted by atomic mass is 16.7. The molecule has 1 heterocycles. The van der Waals surface area contributed by atoms with E-state index in [2.05, 4.69) is 0 Å². The Kier molecular flexibility index (Phi) is 4.87. The molecule has 0 amide bonds. The lowest BCUT2D eigenvalue weighted by atomic mass is 10.0. The Bertz CT molecular complexity index is 388. The van der Waals surface area contributed by atoms with E-state index >= 15 is 0 Å². The lowest BCUT2D eigenvalue weighted by molar-refractivity contribution is -0.309. The molecule has 4 atom stereocenters. The van der Waals surface area contributed by atoms with E-state index in [1.165, 1.54) is 5.06 Å². The first kappa shape index (κ1) is 14.4. The Morgan fingerprint density at radius 2 is 1.89 bits per heavy atom. The van der Waals surface area contributed by atoms with Crippen molar-refractivity contribution in [2.45, 2.75) is 31.1 Å². The summed E-state index contributed by atoms with van der Waals surface area (Å²) in [6.45, 7) is 0.296. The Labute approximate surface area is 111 Å². The smallest absolute Gasteiger partial charge is 0.161 e. The van der Waals surface area contributed by atoms with E-state index in [1.54, 1.807) is 7.05 Å². The minimum atomic E-state index is -1.23. The molecule has 3 N–H and O–H groups in total. The van der Waals surface area contributed by atoms with Gasteiger partial charge in [0.05, 0.1) is 13.2 Å². The molecular formula is C13H19NO5. The van der Waals surface area contributed by atoms with E-state index in [0.717, 1.165) is 5.56 Å². The van der Waals surface area contributed by atoms with Gasteiger partial charge in [0.25, 0.3) is 0 Å². The normalized spacial score (nSPS) is 31.6. The summed E-state index contributed by atoms with van der Waals surface area (Å²) in [5, 5.41) is 30.1. The van der Waals surface area contributed by atoms with Crippen LogP contribution in [0.15, 0.2) is 30.3 Å². The monoisotopic (exact) mass is 269 g/mol. The fourth-order valence-electron chi connectivity index (χ4n) is 1.93. The van der Waals surface area contributed by atoms with E-state index in [4.69, 9.17) is 9.57 Å². The lowest BCUT2D eigenvalue weighted by Crippen LogP contribution is -2.58. The van der Waals surface area contributed by atoms with Crippen LogP contribution in [0.1, 0.15) is 5.56 Å². The van der Waals surface area contributed by atoms with Crippen LogP contribution in [0, 0.1) is 0 Å². The lowest BCUT2D eigenvalue weighted by Gasteiger charge is -2.38. The van der Waals surface area contributed by atoms with Crippen molar-refractivity contribution < 1.29 is 24.9 Å². The molecule has 0 radical (unpaired) electrons. The number of aliphatic hydroxyl groups excluding tert-OH is 3. The summed E-state index contributed by atoms with van der Waals surface area (Å²) in [5.41, 5.74) is 0.986. The third kappa shape index (κ3) is 3.50. The predicted octanol–water partition coefficient (Wildman–Crippen LogP) is -0.511. The second-order valence-electron chi connectivity index (χ2n) is 4.58. The highest BCUT2D eigenvalue weighted by Crippen LogP contribution is 2.18. The van der Waals surface area contributed by atoms with Crippen molar-refractivity contribution in [1.82, 2.24) is 5.06 Å². The molecule has 6 nitrogen and oxygen atoms in total. The minimum absolute atomic E-state index is 0.0398. The topological polar surface area (TPSA) is 82.4 Å². The Hall–Kier alpha value is -1.02. The molecule has 19 heavy (non-hydrogen) atoms. The van der Waals surface area contributed by atoms with E-state index < -0.39 is 24.5 Å². The summed E-state index contributed by atoms with van der Waals surface area (Å²) in [6, 6.07) is 9.57. The van der Waals surface area contributed by atoms with Gasteiger partial charge >= 0.3 is 0 Å². The van der Waals surface area contributed by atoms with E-state index in [1.807, 2.05) is 30.3 Å². The first-order valence-corrected chi connectivity index (χ1v) is 6.15. The Morgan fingerprint density at radius 1 is 1.21 bits per heavy atom. The van der Waals surface area contributed by atoms with Crippen LogP contribution in [0.2, 0.25) is 0 Å². The van der Waals surface area contributed by atoms with E-state index in [0.29, 0.717) is 6.61 Å². The molecule has 0 bridgehead atoms. The number of likely N-dealkylation sites (N-methyl/N-ethyl adjacent to an activating group) is 1. The van der Waals surface area contributed by atoms with Crippen LogP contribution in [0.5, 0.6) is 0 Å². The number of benzene rings is 1. The van der Waals surface area contributed by atoms with Gasteiger partial charge < -0.3 is 20.1 Å². The summed E-state index contributed by atoms with van der Waals surface area (Å²) in [4.78, 5) is 5.48. The summed E-state index contributed by atoms with van der Waals surface area (Å²) in [6.07, 6.45) is -4.33. The first-order chi connectivity index (χ1) is 9.09. The number of ether oxygens (including phenoxy) is 1. The second-order valence-corrected chi connectivity index (χ2v) is 4.58. The van der Waals surface area contributed by atoms with Crippen LogP contribution in [0.3, 0.4) is 0 Å². The third-order valence-electron chi connectivity index (χ3n) is 3.11. The quantitative estimate of drug-likeness (QED) is 0.639. The van der Waals surface area contributed by atoms with Gasteiger partial charge in [0.15, 0.2) is 6.23 Å². The molecule has 0 aromatic heterocycles. The van der Waals surface area contributed by atoms with Crippen molar-refractivity contribution in [3.63, 3.8) is 0 Å². The molecular weight excluding hydrogens is 250 g/mol. The summed E-state index contributed by atoms with van der Waals surface area (Å²) in [5.74, 6) is 0. The maximum absolute atomic E-state index is 9.82. The van der Waals surface area contributed by atoms with Crippen molar-refractivity contribution in [3.05, 3.63) is 35.9 Å². The number of aliphatic hydroxyl groups is 3.